The van der Waals surface area contributed by atoms with Gasteiger partial charge in [0.2, 0.25) is 0 Å². The summed E-state index contributed by atoms with van der Waals surface area (Å²) in [4.78, 5) is 2.66. The minimum atomic E-state index is 0.569. The van der Waals surface area contributed by atoms with Crippen LogP contribution in [0.3, 0.4) is 0 Å². The molecule has 1 nitrogen and oxygen atoms in total. The van der Waals surface area contributed by atoms with Crippen molar-refractivity contribution in [2.24, 2.45) is 5.41 Å². The number of hydrogen-bond acceptors (Lipinski definition) is 2. The summed E-state index contributed by atoms with van der Waals surface area (Å²) >= 11 is 2.16. The molecule has 11 heavy (non-hydrogen) atoms. The van der Waals surface area contributed by atoms with Crippen LogP contribution in [0.25, 0.3) is 0 Å². The number of rotatable bonds is 0. The van der Waals surface area contributed by atoms with E-state index >= 15 is 0 Å². The molecule has 64 valence electrons. The smallest absolute Gasteiger partial charge is 0.0609 e. The lowest BCUT2D eigenvalue weighted by Crippen LogP contribution is -2.44. The third-order valence-electron chi connectivity index (χ3n) is 2.92. The van der Waals surface area contributed by atoms with Crippen LogP contribution in [0.4, 0.5) is 0 Å². The predicted octanol–water partition coefficient (Wildman–Crippen LogP) is 2.18. The normalized spacial score (nSPS) is 37.1. The minimum Gasteiger partial charge on any atom is -0.290 e. The van der Waals surface area contributed by atoms with Gasteiger partial charge in [-0.1, -0.05) is 13.8 Å². The molecular formula is C9H17NS. The van der Waals surface area contributed by atoms with Crippen molar-refractivity contribution in [2.75, 3.05) is 18.8 Å². The van der Waals surface area contributed by atoms with Gasteiger partial charge in [-0.25, -0.2) is 0 Å². The molecule has 0 spiro atoms. The predicted molar refractivity (Wildman–Crippen MR) is 50.8 cm³/mol. The van der Waals surface area contributed by atoms with Crippen molar-refractivity contribution in [3.05, 3.63) is 0 Å². The number of fused-ring (bicyclic) bond motifs is 1. The van der Waals surface area contributed by atoms with E-state index < -0.39 is 0 Å². The molecule has 1 unspecified atom stereocenters. The van der Waals surface area contributed by atoms with Gasteiger partial charge >= 0.3 is 0 Å². The van der Waals surface area contributed by atoms with Gasteiger partial charge in [-0.05, 0) is 24.8 Å². The lowest BCUT2D eigenvalue weighted by molar-refractivity contribution is 0.110. The zero-order chi connectivity index (χ0) is 7.90. The van der Waals surface area contributed by atoms with E-state index in [-0.39, 0.29) is 0 Å². The maximum absolute atomic E-state index is 2.66. The van der Waals surface area contributed by atoms with E-state index in [1.165, 1.54) is 31.7 Å². The molecule has 2 heteroatoms. The molecule has 0 bridgehead atoms. The van der Waals surface area contributed by atoms with Crippen LogP contribution in [0.1, 0.15) is 26.7 Å². The van der Waals surface area contributed by atoms with Crippen molar-refractivity contribution in [1.29, 1.82) is 0 Å². The molecule has 0 aliphatic carbocycles. The van der Waals surface area contributed by atoms with Crippen molar-refractivity contribution in [3.63, 3.8) is 0 Å². The van der Waals surface area contributed by atoms with Crippen molar-refractivity contribution in [1.82, 2.24) is 4.90 Å². The molecule has 0 aromatic carbocycles. The van der Waals surface area contributed by atoms with Gasteiger partial charge in [0.15, 0.2) is 0 Å². The Bertz CT molecular complexity index is 156. The lowest BCUT2D eigenvalue weighted by Gasteiger charge is -2.41. The SMILES string of the molecule is CC1(C)CCCN2CCSC21. The van der Waals surface area contributed by atoms with E-state index in [0.717, 1.165) is 5.37 Å². The summed E-state index contributed by atoms with van der Waals surface area (Å²) < 4.78 is 0. The highest BCUT2D eigenvalue weighted by atomic mass is 32.2. The molecule has 0 aromatic rings. The molecular weight excluding hydrogens is 154 g/mol. The summed E-state index contributed by atoms with van der Waals surface area (Å²) in [6, 6.07) is 0. The average Bonchev–Trinajstić information content (AvgIpc) is 2.34. The maximum Gasteiger partial charge on any atom is 0.0609 e. The molecule has 2 aliphatic rings. The van der Waals surface area contributed by atoms with Crippen molar-refractivity contribution < 1.29 is 0 Å². The molecule has 2 saturated heterocycles. The molecule has 2 aliphatic heterocycles. The Hall–Kier alpha value is 0.310. The Morgan fingerprint density at radius 1 is 1.36 bits per heavy atom. The van der Waals surface area contributed by atoms with Crippen LogP contribution in [0.5, 0.6) is 0 Å². The van der Waals surface area contributed by atoms with Crippen molar-refractivity contribution >= 4 is 11.8 Å². The molecule has 2 rings (SSSR count). The summed E-state index contributed by atoms with van der Waals surface area (Å²) in [7, 11) is 0. The third-order valence-corrected chi connectivity index (χ3v) is 4.59. The molecule has 2 heterocycles. The largest absolute Gasteiger partial charge is 0.290 e. The molecule has 0 saturated carbocycles. The highest BCUT2D eigenvalue weighted by molar-refractivity contribution is 8.00. The summed E-state index contributed by atoms with van der Waals surface area (Å²) in [6.07, 6.45) is 2.82. The topological polar surface area (TPSA) is 3.24 Å². The Balaban J connectivity index is 2.13. The monoisotopic (exact) mass is 171 g/mol. The Morgan fingerprint density at radius 3 is 2.91 bits per heavy atom. The van der Waals surface area contributed by atoms with Crippen LogP contribution >= 0.6 is 11.8 Å². The molecule has 0 radical (unpaired) electrons. The van der Waals surface area contributed by atoms with E-state index in [2.05, 4.69) is 30.5 Å². The minimum absolute atomic E-state index is 0.569. The number of nitrogens with zero attached hydrogens (tertiary/aromatic N) is 1. The van der Waals surface area contributed by atoms with E-state index in [1.54, 1.807) is 0 Å². The van der Waals surface area contributed by atoms with Gasteiger partial charge in [0.25, 0.3) is 0 Å². The fourth-order valence-corrected chi connectivity index (χ4v) is 3.87. The van der Waals surface area contributed by atoms with Crippen LogP contribution in [-0.2, 0) is 0 Å². The second-order valence-corrected chi connectivity index (χ2v) is 5.54. The number of piperidine rings is 1. The van der Waals surface area contributed by atoms with Gasteiger partial charge in [0.1, 0.15) is 0 Å². The zero-order valence-corrected chi connectivity index (χ0v) is 8.28. The highest BCUT2D eigenvalue weighted by Gasteiger charge is 2.40. The van der Waals surface area contributed by atoms with E-state index in [4.69, 9.17) is 0 Å². The van der Waals surface area contributed by atoms with Gasteiger partial charge in [0.05, 0.1) is 5.37 Å². The van der Waals surface area contributed by atoms with E-state index in [0.29, 0.717) is 5.41 Å². The van der Waals surface area contributed by atoms with Crippen molar-refractivity contribution in [2.45, 2.75) is 32.1 Å². The summed E-state index contributed by atoms with van der Waals surface area (Å²) in [5, 5.41) is 0.830. The Labute approximate surface area is 73.5 Å². The highest BCUT2D eigenvalue weighted by Crippen LogP contribution is 2.43. The fraction of sp³-hybridized carbons (Fsp3) is 1.00. The number of thioether (sulfide) groups is 1. The molecule has 2 fully saturated rings. The van der Waals surface area contributed by atoms with Crippen LogP contribution in [0.15, 0.2) is 0 Å². The fourth-order valence-electron chi connectivity index (χ4n) is 2.31. The Morgan fingerprint density at radius 2 is 2.18 bits per heavy atom. The first kappa shape index (κ1) is 7.93. The van der Waals surface area contributed by atoms with Crippen LogP contribution in [0.2, 0.25) is 0 Å². The van der Waals surface area contributed by atoms with Gasteiger partial charge in [-0.15, -0.1) is 11.8 Å². The van der Waals surface area contributed by atoms with Gasteiger partial charge in [0, 0.05) is 12.3 Å². The van der Waals surface area contributed by atoms with E-state index in [9.17, 15) is 0 Å². The average molecular weight is 171 g/mol. The second-order valence-electron chi connectivity index (χ2n) is 4.35. The summed E-state index contributed by atoms with van der Waals surface area (Å²) in [6.45, 7) is 7.52. The Kier molecular flexibility index (Phi) is 1.92. The van der Waals surface area contributed by atoms with Gasteiger partial charge in [-0.3, -0.25) is 4.90 Å². The van der Waals surface area contributed by atoms with Crippen LogP contribution < -0.4 is 0 Å². The van der Waals surface area contributed by atoms with Crippen LogP contribution in [0, 0.1) is 5.41 Å². The first-order valence-corrected chi connectivity index (χ1v) is 5.61. The van der Waals surface area contributed by atoms with E-state index in [1.807, 2.05) is 0 Å². The third kappa shape index (κ3) is 1.31. The second kappa shape index (κ2) is 2.67. The first-order chi connectivity index (χ1) is 5.20. The first-order valence-electron chi connectivity index (χ1n) is 4.56. The standard InChI is InChI=1S/C9H17NS/c1-9(2)4-3-5-10-6-7-11-8(9)10/h8H,3-7H2,1-2H3. The van der Waals surface area contributed by atoms with Gasteiger partial charge < -0.3 is 0 Å². The molecule has 0 amide bonds. The molecule has 1 atom stereocenters. The zero-order valence-electron chi connectivity index (χ0n) is 7.47. The lowest BCUT2D eigenvalue weighted by atomic mass is 9.84. The van der Waals surface area contributed by atoms with Crippen LogP contribution in [-0.4, -0.2) is 29.1 Å². The molecule has 0 aromatic heterocycles. The molecule has 0 N–H and O–H groups in total. The summed E-state index contributed by atoms with van der Waals surface area (Å²) in [5.74, 6) is 1.36. The maximum atomic E-state index is 2.66. The number of hydrogen-bond donors (Lipinski definition) is 0. The van der Waals surface area contributed by atoms with Crippen molar-refractivity contribution in [3.8, 4) is 0 Å². The summed E-state index contributed by atoms with van der Waals surface area (Å²) in [5.41, 5.74) is 0.569. The quantitative estimate of drug-likeness (QED) is 0.549. The van der Waals surface area contributed by atoms with Gasteiger partial charge in [-0.2, -0.15) is 0 Å².